The molecule has 196 valence electrons. The van der Waals surface area contributed by atoms with E-state index in [2.05, 4.69) is 60.2 Å². The summed E-state index contributed by atoms with van der Waals surface area (Å²) in [5.41, 5.74) is 7.17. The molecule has 0 unspecified atom stereocenters. The molecule has 5 aromatic rings. The summed E-state index contributed by atoms with van der Waals surface area (Å²) in [6, 6.07) is 9.99. The predicted molar refractivity (Wildman–Crippen MR) is 155 cm³/mol. The van der Waals surface area contributed by atoms with E-state index in [-0.39, 0.29) is 0 Å². The molecular weight excluding hydrogens is 484 g/mol. The Balaban J connectivity index is 1.31. The first-order valence-corrected chi connectivity index (χ1v) is 13.5. The molecule has 8 nitrogen and oxygen atoms in total. The molecule has 0 saturated heterocycles. The summed E-state index contributed by atoms with van der Waals surface area (Å²) in [6.45, 7) is 8.11. The zero-order valence-corrected chi connectivity index (χ0v) is 22.1. The van der Waals surface area contributed by atoms with Crippen LogP contribution in [0, 0.1) is 5.92 Å². The number of H-pyrrole nitrogens is 2. The van der Waals surface area contributed by atoms with Crippen LogP contribution in [-0.4, -0.2) is 41.7 Å². The van der Waals surface area contributed by atoms with Gasteiger partial charge in [-0.2, -0.15) is 5.10 Å². The molecule has 8 heteroatoms. The Labute approximate surface area is 227 Å². The van der Waals surface area contributed by atoms with E-state index in [9.17, 15) is 0 Å². The maximum atomic E-state index is 4.76. The van der Waals surface area contributed by atoms with Crippen molar-refractivity contribution >= 4 is 29.4 Å². The molecule has 1 fully saturated rings. The second kappa shape index (κ2) is 11.1. The quantitative estimate of drug-likeness (QED) is 0.283. The molecule has 1 saturated carbocycles. The van der Waals surface area contributed by atoms with Crippen LogP contribution < -0.4 is 15.9 Å². The van der Waals surface area contributed by atoms with Gasteiger partial charge in [0.1, 0.15) is 5.69 Å². The highest BCUT2D eigenvalue weighted by Gasteiger charge is 2.16. The van der Waals surface area contributed by atoms with E-state index < -0.39 is 0 Å². The Morgan fingerprint density at radius 3 is 2.85 bits per heavy atom. The van der Waals surface area contributed by atoms with Crippen molar-refractivity contribution in [3.05, 3.63) is 82.9 Å². The van der Waals surface area contributed by atoms with Gasteiger partial charge in [-0.25, -0.2) is 9.97 Å². The SMILES string of the molecule is C=c1[nH]nc(-c2nc3nccc(-c4ccccn4)c3[nH]2)/c1=C/C(=C\C)c1cncc(CNCC2CCCC2)c1. The summed E-state index contributed by atoms with van der Waals surface area (Å²) < 4.78 is 0. The van der Waals surface area contributed by atoms with Gasteiger partial charge >= 0.3 is 0 Å². The number of hydrogen-bond donors (Lipinski definition) is 3. The van der Waals surface area contributed by atoms with Crippen LogP contribution in [0.2, 0.25) is 0 Å². The molecule has 3 N–H and O–H groups in total. The fraction of sp³-hybridized carbons (Fsp3) is 0.258. The Morgan fingerprint density at radius 1 is 1.13 bits per heavy atom. The normalized spacial score (nSPS) is 15.0. The van der Waals surface area contributed by atoms with Crippen LogP contribution in [0.1, 0.15) is 43.7 Å². The smallest absolute Gasteiger partial charge is 0.178 e. The maximum Gasteiger partial charge on any atom is 0.178 e. The summed E-state index contributed by atoms with van der Waals surface area (Å²) >= 11 is 0. The average Bonchev–Trinajstić information content (AvgIpc) is 3.72. The molecule has 6 rings (SSSR count). The summed E-state index contributed by atoms with van der Waals surface area (Å²) in [5.74, 6) is 1.43. The first-order valence-electron chi connectivity index (χ1n) is 13.5. The summed E-state index contributed by atoms with van der Waals surface area (Å²) in [6.07, 6.45) is 17.0. The number of imidazole rings is 1. The summed E-state index contributed by atoms with van der Waals surface area (Å²) in [5, 5.41) is 12.8. The molecule has 0 atom stereocenters. The van der Waals surface area contributed by atoms with Crippen molar-refractivity contribution in [3.8, 4) is 22.8 Å². The van der Waals surface area contributed by atoms with Crippen LogP contribution in [0.15, 0.2) is 61.2 Å². The molecule has 0 aromatic carbocycles. The number of nitrogens with one attached hydrogen (secondary N) is 3. The van der Waals surface area contributed by atoms with Gasteiger partial charge in [-0.1, -0.05) is 31.6 Å². The van der Waals surface area contributed by atoms with Crippen molar-refractivity contribution in [2.45, 2.75) is 39.2 Å². The van der Waals surface area contributed by atoms with E-state index in [0.29, 0.717) is 22.5 Å². The molecule has 1 aliphatic rings. The van der Waals surface area contributed by atoms with Gasteiger partial charge < -0.3 is 10.3 Å². The molecule has 39 heavy (non-hydrogen) atoms. The lowest BCUT2D eigenvalue weighted by atomic mass is 10.0. The van der Waals surface area contributed by atoms with Gasteiger partial charge in [-0.15, -0.1) is 0 Å². The second-order valence-electron chi connectivity index (χ2n) is 10.1. The number of hydrogen-bond acceptors (Lipinski definition) is 6. The van der Waals surface area contributed by atoms with Gasteiger partial charge in [0.05, 0.1) is 16.6 Å². The Morgan fingerprint density at radius 2 is 2.03 bits per heavy atom. The van der Waals surface area contributed by atoms with Crippen molar-refractivity contribution in [2.24, 2.45) is 5.92 Å². The first-order chi connectivity index (χ1) is 19.2. The van der Waals surface area contributed by atoms with Crippen LogP contribution in [0.25, 0.3) is 52.2 Å². The zero-order valence-electron chi connectivity index (χ0n) is 22.1. The standard InChI is InChI=1S/C31H32N8/c1-3-23(24-14-22(18-33-19-24)17-32-16-21-8-4-5-9-21)15-26-20(2)38-39-29(26)31-36-28-25(11-13-35-30(28)37-31)27-10-6-7-12-34-27/h3,6-7,10-15,18-19,21,32,38H,2,4-5,8-9,16-17H2,1H3,(H,35,36,37)/b23-3+,26-15+. The Hall–Kier alpha value is -4.43. The molecule has 5 heterocycles. The minimum Gasteiger partial charge on any atom is -0.335 e. The lowest BCUT2D eigenvalue weighted by molar-refractivity contribution is 0.489. The zero-order chi connectivity index (χ0) is 26.6. The summed E-state index contributed by atoms with van der Waals surface area (Å²) in [7, 11) is 0. The highest BCUT2D eigenvalue weighted by Crippen LogP contribution is 2.26. The highest BCUT2D eigenvalue weighted by atomic mass is 15.1. The van der Waals surface area contributed by atoms with Crippen molar-refractivity contribution < 1.29 is 0 Å². The van der Waals surface area contributed by atoms with E-state index in [4.69, 9.17) is 4.98 Å². The van der Waals surface area contributed by atoms with Crippen LogP contribution in [0.5, 0.6) is 0 Å². The van der Waals surface area contributed by atoms with E-state index in [1.54, 1.807) is 12.4 Å². The molecule has 0 bridgehead atoms. The average molecular weight is 517 g/mol. The van der Waals surface area contributed by atoms with E-state index >= 15 is 0 Å². The van der Waals surface area contributed by atoms with E-state index in [0.717, 1.165) is 52.1 Å². The molecule has 0 aliphatic heterocycles. The Bertz CT molecular complexity index is 1730. The molecule has 0 spiro atoms. The second-order valence-corrected chi connectivity index (χ2v) is 10.1. The third-order valence-electron chi connectivity index (χ3n) is 7.42. The number of rotatable bonds is 8. The lowest BCUT2D eigenvalue weighted by Crippen LogP contribution is -2.22. The van der Waals surface area contributed by atoms with Gasteiger partial charge in [0.15, 0.2) is 11.5 Å². The number of pyridine rings is 3. The third kappa shape index (κ3) is 5.28. The summed E-state index contributed by atoms with van der Waals surface area (Å²) in [4.78, 5) is 21.7. The van der Waals surface area contributed by atoms with Crippen molar-refractivity contribution in [2.75, 3.05) is 6.54 Å². The largest absolute Gasteiger partial charge is 0.335 e. The molecule has 0 amide bonds. The fourth-order valence-corrected chi connectivity index (χ4v) is 5.35. The van der Waals surface area contributed by atoms with E-state index in [1.807, 2.05) is 43.6 Å². The molecule has 0 radical (unpaired) electrons. The molecule has 5 aromatic heterocycles. The van der Waals surface area contributed by atoms with Crippen molar-refractivity contribution in [3.63, 3.8) is 0 Å². The van der Waals surface area contributed by atoms with Gasteiger partial charge in [0, 0.05) is 47.7 Å². The van der Waals surface area contributed by atoms with Gasteiger partial charge in [0.2, 0.25) is 0 Å². The van der Waals surface area contributed by atoms with Gasteiger partial charge in [-0.05, 0) is 73.7 Å². The molecular formula is C31H32N8. The van der Waals surface area contributed by atoms with Crippen LogP contribution in [-0.2, 0) is 6.54 Å². The number of fused-ring (bicyclic) bond motifs is 1. The third-order valence-corrected chi connectivity index (χ3v) is 7.42. The van der Waals surface area contributed by atoms with Crippen LogP contribution in [0.4, 0.5) is 0 Å². The number of nitrogens with zero attached hydrogens (tertiary/aromatic N) is 5. The number of allylic oxidation sites excluding steroid dienone is 2. The van der Waals surface area contributed by atoms with Crippen LogP contribution >= 0.6 is 0 Å². The number of aromatic amines is 2. The van der Waals surface area contributed by atoms with Gasteiger partial charge in [-0.3, -0.25) is 15.1 Å². The van der Waals surface area contributed by atoms with E-state index in [1.165, 1.54) is 31.2 Å². The first kappa shape index (κ1) is 24.9. The van der Waals surface area contributed by atoms with Crippen molar-refractivity contribution in [1.82, 2.24) is 40.4 Å². The predicted octanol–water partition coefficient (Wildman–Crippen LogP) is 4.38. The van der Waals surface area contributed by atoms with Crippen molar-refractivity contribution in [1.29, 1.82) is 0 Å². The number of aromatic nitrogens is 7. The fourth-order valence-electron chi connectivity index (χ4n) is 5.35. The highest BCUT2D eigenvalue weighted by molar-refractivity contribution is 5.91. The van der Waals surface area contributed by atoms with Crippen LogP contribution in [0.3, 0.4) is 0 Å². The maximum absolute atomic E-state index is 4.76. The minimum absolute atomic E-state index is 0.612. The Kier molecular flexibility index (Phi) is 7.10. The van der Waals surface area contributed by atoms with Gasteiger partial charge in [0.25, 0.3) is 0 Å². The molecule has 1 aliphatic carbocycles. The minimum atomic E-state index is 0.612. The topological polar surface area (TPSA) is 108 Å². The lowest BCUT2D eigenvalue weighted by Gasteiger charge is -2.11. The monoisotopic (exact) mass is 516 g/mol.